The van der Waals surface area contributed by atoms with Crippen molar-refractivity contribution in [3.05, 3.63) is 121 Å². The van der Waals surface area contributed by atoms with E-state index < -0.39 is 17.8 Å². The quantitative estimate of drug-likeness (QED) is 0.409. The number of benzene rings is 3. The number of carbonyl (C=O) groups excluding carboxylic acids is 1. The van der Waals surface area contributed by atoms with Gasteiger partial charge in [0.1, 0.15) is 17.3 Å². The minimum Gasteiger partial charge on any atom is -0.497 e. The number of carbonyl (C=O) groups is 1. The number of ether oxygens (including phenoxy) is 2. The van der Waals surface area contributed by atoms with Crippen LogP contribution in [-0.2, 0) is 4.79 Å². The van der Waals surface area contributed by atoms with E-state index in [1.807, 2.05) is 18.2 Å². The Bertz CT molecular complexity index is 1720. The molecule has 1 aliphatic heterocycles. The van der Waals surface area contributed by atoms with E-state index in [0.29, 0.717) is 48.9 Å². The van der Waals surface area contributed by atoms with Crippen molar-refractivity contribution < 1.29 is 18.7 Å². The predicted molar refractivity (Wildman–Crippen MR) is 145 cm³/mol. The van der Waals surface area contributed by atoms with Gasteiger partial charge in [-0.15, -0.1) is 0 Å². The molecule has 4 aromatic rings. The van der Waals surface area contributed by atoms with Crippen LogP contribution in [0.15, 0.2) is 93.9 Å². The molecule has 9 heteroatoms. The predicted octanol–water partition coefficient (Wildman–Crippen LogP) is 4.03. The molecular formula is C29H24FN3O4S. The van der Waals surface area contributed by atoms with Crippen molar-refractivity contribution in [2.75, 3.05) is 19.5 Å². The number of allylic oxidation sites excluding steroid dienone is 1. The summed E-state index contributed by atoms with van der Waals surface area (Å²) in [6.45, 7) is 1.73. The molecule has 0 saturated heterocycles. The number of rotatable bonds is 6. The monoisotopic (exact) mass is 529 g/mol. The van der Waals surface area contributed by atoms with Crippen LogP contribution < -0.4 is 29.7 Å². The van der Waals surface area contributed by atoms with Crippen molar-refractivity contribution in [2.24, 2.45) is 4.99 Å². The second kappa shape index (κ2) is 10.5. The Morgan fingerprint density at radius 2 is 1.79 bits per heavy atom. The third kappa shape index (κ3) is 4.76. The fourth-order valence-corrected chi connectivity index (χ4v) is 5.42. The number of hydrogen-bond donors (Lipinski definition) is 1. The normalized spacial score (nSPS) is 15.1. The second-order valence-electron chi connectivity index (χ2n) is 8.56. The number of methoxy groups -OCH3 is 2. The Kier molecular flexibility index (Phi) is 6.93. The zero-order valence-electron chi connectivity index (χ0n) is 20.9. The molecule has 0 aliphatic carbocycles. The second-order valence-corrected chi connectivity index (χ2v) is 9.57. The van der Waals surface area contributed by atoms with Gasteiger partial charge in [-0.1, -0.05) is 41.7 Å². The van der Waals surface area contributed by atoms with Gasteiger partial charge in [-0.2, -0.15) is 0 Å². The first-order valence-electron chi connectivity index (χ1n) is 11.8. The third-order valence-corrected chi connectivity index (χ3v) is 7.19. The Morgan fingerprint density at radius 3 is 2.47 bits per heavy atom. The van der Waals surface area contributed by atoms with Crippen LogP contribution in [0.5, 0.6) is 11.5 Å². The zero-order chi connectivity index (χ0) is 26.8. The summed E-state index contributed by atoms with van der Waals surface area (Å²) in [6.07, 6.45) is 1.72. The van der Waals surface area contributed by atoms with Gasteiger partial charge >= 0.3 is 0 Å². The lowest BCUT2D eigenvalue weighted by molar-refractivity contribution is -0.113. The van der Waals surface area contributed by atoms with E-state index in [9.17, 15) is 14.0 Å². The van der Waals surface area contributed by atoms with Gasteiger partial charge in [-0.25, -0.2) is 9.38 Å². The Balaban J connectivity index is 1.69. The van der Waals surface area contributed by atoms with E-state index in [1.165, 1.54) is 28.0 Å². The molecule has 7 nitrogen and oxygen atoms in total. The number of aromatic nitrogens is 1. The maximum Gasteiger partial charge on any atom is 0.271 e. The van der Waals surface area contributed by atoms with Crippen LogP contribution in [0.3, 0.4) is 0 Å². The van der Waals surface area contributed by atoms with Crippen molar-refractivity contribution in [1.82, 2.24) is 4.57 Å². The molecule has 0 spiro atoms. The SMILES string of the molecule is COc1ccc(OC)c(C=c2sc3n(c2=O)C(c2ccc(F)cc2)C(C(=O)Nc2ccccc2)=C(C)N=3)c1. The highest BCUT2D eigenvalue weighted by atomic mass is 32.1. The van der Waals surface area contributed by atoms with Gasteiger partial charge in [-0.3, -0.25) is 14.2 Å². The Morgan fingerprint density at radius 1 is 1.05 bits per heavy atom. The molecule has 1 amide bonds. The van der Waals surface area contributed by atoms with Crippen LogP contribution in [0.2, 0.25) is 0 Å². The first-order valence-corrected chi connectivity index (χ1v) is 12.6. The lowest BCUT2D eigenvalue weighted by atomic mass is 9.95. The summed E-state index contributed by atoms with van der Waals surface area (Å²) >= 11 is 1.20. The molecular weight excluding hydrogens is 505 g/mol. The summed E-state index contributed by atoms with van der Waals surface area (Å²) in [4.78, 5) is 32.5. The van der Waals surface area contributed by atoms with E-state index in [-0.39, 0.29) is 5.56 Å². The minimum atomic E-state index is -0.801. The van der Waals surface area contributed by atoms with Crippen LogP contribution in [0.4, 0.5) is 10.1 Å². The molecule has 1 aliphatic rings. The average Bonchev–Trinajstić information content (AvgIpc) is 3.22. The van der Waals surface area contributed by atoms with Gasteiger partial charge in [0.2, 0.25) is 0 Å². The molecule has 3 aromatic carbocycles. The van der Waals surface area contributed by atoms with Gasteiger partial charge in [0.25, 0.3) is 11.5 Å². The molecule has 38 heavy (non-hydrogen) atoms. The summed E-state index contributed by atoms with van der Waals surface area (Å²) in [6, 6.07) is 19.3. The fraction of sp³-hybridized carbons (Fsp3) is 0.138. The molecule has 0 bridgehead atoms. The maximum atomic E-state index is 13.8. The summed E-state index contributed by atoms with van der Waals surface area (Å²) in [5.41, 5.74) is 2.31. The number of nitrogens with one attached hydrogen (secondary N) is 1. The molecule has 192 valence electrons. The molecule has 5 rings (SSSR count). The van der Waals surface area contributed by atoms with Crippen molar-refractivity contribution >= 4 is 29.0 Å². The molecule has 1 N–H and O–H groups in total. The molecule has 2 heterocycles. The third-order valence-electron chi connectivity index (χ3n) is 6.21. The van der Waals surface area contributed by atoms with Crippen LogP contribution in [0.1, 0.15) is 24.1 Å². The number of para-hydroxylation sites is 1. The minimum absolute atomic E-state index is 0.304. The zero-order valence-corrected chi connectivity index (χ0v) is 21.7. The van der Waals surface area contributed by atoms with E-state index in [2.05, 4.69) is 10.3 Å². The Labute approximate surface area is 221 Å². The van der Waals surface area contributed by atoms with Gasteiger partial charge < -0.3 is 14.8 Å². The highest BCUT2D eigenvalue weighted by molar-refractivity contribution is 7.07. The fourth-order valence-electron chi connectivity index (χ4n) is 4.39. The maximum absolute atomic E-state index is 13.8. The van der Waals surface area contributed by atoms with E-state index in [4.69, 9.17) is 9.47 Å². The summed E-state index contributed by atoms with van der Waals surface area (Å²) in [7, 11) is 3.11. The molecule has 0 radical (unpaired) electrons. The molecule has 0 fully saturated rings. The van der Waals surface area contributed by atoms with Gasteiger partial charge in [0.05, 0.1) is 36.1 Å². The summed E-state index contributed by atoms with van der Waals surface area (Å²) < 4.78 is 26.5. The number of amides is 1. The molecule has 1 atom stereocenters. The highest BCUT2D eigenvalue weighted by Crippen LogP contribution is 2.31. The van der Waals surface area contributed by atoms with Gasteiger partial charge in [0.15, 0.2) is 4.80 Å². The van der Waals surface area contributed by atoms with Crippen molar-refractivity contribution in [1.29, 1.82) is 0 Å². The van der Waals surface area contributed by atoms with Crippen molar-refractivity contribution in [3.63, 3.8) is 0 Å². The van der Waals surface area contributed by atoms with Crippen molar-refractivity contribution in [2.45, 2.75) is 13.0 Å². The number of halogens is 1. The summed E-state index contributed by atoms with van der Waals surface area (Å²) in [5, 5.41) is 2.90. The standard InChI is InChI=1S/C29H24FN3O4S/c1-17-25(27(34)32-21-7-5-4-6-8-21)26(18-9-11-20(30)12-10-18)33-28(35)24(38-29(33)31-17)16-19-15-22(36-2)13-14-23(19)37-3/h4-16,26H,1-3H3,(H,32,34). The summed E-state index contributed by atoms with van der Waals surface area (Å²) in [5.74, 6) is 0.383. The lowest BCUT2D eigenvalue weighted by Gasteiger charge is -2.25. The number of thiazole rings is 1. The van der Waals surface area contributed by atoms with Crippen LogP contribution in [0, 0.1) is 5.82 Å². The van der Waals surface area contributed by atoms with E-state index in [1.54, 1.807) is 69.7 Å². The first kappa shape index (κ1) is 25.2. The number of hydrogen-bond acceptors (Lipinski definition) is 6. The number of anilines is 1. The highest BCUT2D eigenvalue weighted by Gasteiger charge is 2.32. The number of fused-ring (bicyclic) bond motifs is 1. The average molecular weight is 530 g/mol. The molecule has 1 unspecified atom stereocenters. The molecule has 0 saturated carbocycles. The van der Waals surface area contributed by atoms with Crippen LogP contribution >= 0.6 is 11.3 Å². The largest absolute Gasteiger partial charge is 0.497 e. The topological polar surface area (TPSA) is 81.9 Å². The first-order chi connectivity index (χ1) is 18.4. The van der Waals surface area contributed by atoms with Crippen LogP contribution in [0.25, 0.3) is 6.08 Å². The Hall–Kier alpha value is -4.50. The number of nitrogens with zero attached hydrogens (tertiary/aromatic N) is 2. The smallest absolute Gasteiger partial charge is 0.271 e. The van der Waals surface area contributed by atoms with Gasteiger partial charge in [-0.05, 0) is 61.0 Å². The molecule has 1 aromatic heterocycles. The van der Waals surface area contributed by atoms with E-state index >= 15 is 0 Å². The van der Waals surface area contributed by atoms with E-state index in [0.717, 1.165) is 0 Å². The van der Waals surface area contributed by atoms with Crippen molar-refractivity contribution in [3.8, 4) is 11.5 Å². The lowest BCUT2D eigenvalue weighted by Crippen LogP contribution is -2.40. The van der Waals surface area contributed by atoms with Gasteiger partial charge in [0, 0.05) is 11.3 Å². The van der Waals surface area contributed by atoms with Crippen LogP contribution in [-0.4, -0.2) is 24.7 Å².